The van der Waals surface area contributed by atoms with Gasteiger partial charge < -0.3 is 5.32 Å². The quantitative estimate of drug-likeness (QED) is 0.839. The minimum absolute atomic E-state index is 0.683. The predicted octanol–water partition coefficient (Wildman–Crippen LogP) is 1.47. The molecule has 0 saturated heterocycles. The molecule has 3 atom stereocenters. The van der Waals surface area contributed by atoms with E-state index in [2.05, 4.69) is 36.3 Å². The fourth-order valence-electron chi connectivity index (χ4n) is 2.89. The molecule has 1 aromatic heterocycles. The maximum atomic E-state index is 4.37. The molecule has 16 heavy (non-hydrogen) atoms. The smallest absolute Gasteiger partial charge is 0.138 e. The molecule has 1 aliphatic carbocycles. The van der Waals surface area contributed by atoms with Gasteiger partial charge in [0.15, 0.2) is 0 Å². The number of aromatic nitrogens is 3. The standard InChI is InChI=1S/C12H22N4/c1-4-16-12(14-8-15-16)7-10-5-6-11(13-3)9(10)2/h8-11,13H,4-7H2,1-3H3. The number of rotatable bonds is 4. The summed E-state index contributed by atoms with van der Waals surface area (Å²) in [6.07, 6.45) is 5.35. The number of hydrogen-bond acceptors (Lipinski definition) is 3. The van der Waals surface area contributed by atoms with E-state index in [0.717, 1.165) is 30.6 Å². The van der Waals surface area contributed by atoms with E-state index in [1.807, 2.05) is 4.68 Å². The normalized spacial score (nSPS) is 29.8. The molecule has 0 spiro atoms. The molecule has 1 aromatic rings. The first-order chi connectivity index (χ1) is 7.76. The van der Waals surface area contributed by atoms with E-state index < -0.39 is 0 Å². The van der Waals surface area contributed by atoms with Crippen LogP contribution in [0.25, 0.3) is 0 Å². The summed E-state index contributed by atoms with van der Waals surface area (Å²) >= 11 is 0. The molecule has 2 rings (SSSR count). The first-order valence-corrected chi connectivity index (χ1v) is 6.30. The zero-order chi connectivity index (χ0) is 11.5. The summed E-state index contributed by atoms with van der Waals surface area (Å²) in [7, 11) is 2.07. The SMILES string of the molecule is CCn1ncnc1CC1CCC(NC)C1C. The van der Waals surface area contributed by atoms with Crippen molar-refractivity contribution < 1.29 is 0 Å². The first-order valence-electron chi connectivity index (χ1n) is 6.30. The van der Waals surface area contributed by atoms with Crippen LogP contribution in [0.5, 0.6) is 0 Å². The van der Waals surface area contributed by atoms with E-state index in [1.54, 1.807) is 6.33 Å². The lowest BCUT2D eigenvalue weighted by Crippen LogP contribution is -2.30. The highest BCUT2D eigenvalue weighted by Gasteiger charge is 2.32. The lowest BCUT2D eigenvalue weighted by molar-refractivity contribution is 0.354. The molecular formula is C12H22N4. The Bertz CT molecular complexity index is 334. The van der Waals surface area contributed by atoms with Crippen LogP contribution in [-0.4, -0.2) is 27.9 Å². The zero-order valence-corrected chi connectivity index (χ0v) is 10.5. The third-order valence-electron chi connectivity index (χ3n) is 4.04. The molecule has 0 amide bonds. The van der Waals surface area contributed by atoms with Crippen molar-refractivity contribution in [3.05, 3.63) is 12.2 Å². The summed E-state index contributed by atoms with van der Waals surface area (Å²) in [5.74, 6) is 2.65. The minimum atomic E-state index is 0.683. The van der Waals surface area contributed by atoms with Gasteiger partial charge >= 0.3 is 0 Å². The molecule has 0 aromatic carbocycles. The Balaban J connectivity index is 2.00. The molecule has 1 heterocycles. The highest BCUT2D eigenvalue weighted by molar-refractivity contribution is 4.94. The van der Waals surface area contributed by atoms with Crippen LogP contribution in [0.15, 0.2) is 6.33 Å². The lowest BCUT2D eigenvalue weighted by Gasteiger charge is -2.19. The van der Waals surface area contributed by atoms with Crippen LogP contribution < -0.4 is 5.32 Å². The van der Waals surface area contributed by atoms with Gasteiger partial charge in [-0.2, -0.15) is 5.10 Å². The number of aryl methyl sites for hydroxylation is 1. The average Bonchev–Trinajstić information content (AvgIpc) is 2.87. The maximum absolute atomic E-state index is 4.37. The van der Waals surface area contributed by atoms with Crippen molar-refractivity contribution in [1.29, 1.82) is 0 Å². The number of nitrogens with zero attached hydrogens (tertiary/aromatic N) is 3. The summed E-state index contributed by atoms with van der Waals surface area (Å²) in [5.41, 5.74) is 0. The van der Waals surface area contributed by atoms with Crippen molar-refractivity contribution in [2.45, 2.75) is 45.7 Å². The Morgan fingerprint density at radius 3 is 2.94 bits per heavy atom. The van der Waals surface area contributed by atoms with Crippen molar-refractivity contribution in [1.82, 2.24) is 20.1 Å². The van der Waals surface area contributed by atoms with Crippen LogP contribution in [0.1, 0.15) is 32.5 Å². The van der Waals surface area contributed by atoms with Crippen molar-refractivity contribution >= 4 is 0 Å². The molecule has 0 radical (unpaired) electrons. The fraction of sp³-hybridized carbons (Fsp3) is 0.833. The van der Waals surface area contributed by atoms with Gasteiger partial charge in [0.25, 0.3) is 0 Å². The van der Waals surface area contributed by atoms with Gasteiger partial charge in [-0.05, 0) is 38.6 Å². The summed E-state index contributed by atoms with van der Waals surface area (Å²) in [5, 5.41) is 7.64. The molecule has 1 N–H and O–H groups in total. The number of nitrogens with one attached hydrogen (secondary N) is 1. The molecule has 1 saturated carbocycles. The van der Waals surface area contributed by atoms with E-state index in [0.29, 0.717) is 6.04 Å². The largest absolute Gasteiger partial charge is 0.317 e. The lowest BCUT2D eigenvalue weighted by atomic mass is 9.92. The Morgan fingerprint density at radius 1 is 1.50 bits per heavy atom. The summed E-state index contributed by atoms with van der Waals surface area (Å²) in [4.78, 5) is 4.37. The molecule has 3 unspecified atom stereocenters. The predicted molar refractivity (Wildman–Crippen MR) is 64.1 cm³/mol. The average molecular weight is 222 g/mol. The summed E-state index contributed by atoms with van der Waals surface area (Å²) < 4.78 is 2.01. The molecule has 1 fully saturated rings. The monoisotopic (exact) mass is 222 g/mol. The van der Waals surface area contributed by atoms with E-state index in [9.17, 15) is 0 Å². The number of hydrogen-bond donors (Lipinski definition) is 1. The third-order valence-corrected chi connectivity index (χ3v) is 4.04. The Morgan fingerprint density at radius 2 is 2.31 bits per heavy atom. The third kappa shape index (κ3) is 2.12. The molecule has 0 bridgehead atoms. The second-order valence-corrected chi connectivity index (χ2v) is 4.79. The van der Waals surface area contributed by atoms with Gasteiger partial charge in [0.1, 0.15) is 12.2 Å². The Kier molecular flexibility index (Phi) is 3.59. The Labute approximate surface area is 97.5 Å². The minimum Gasteiger partial charge on any atom is -0.317 e. The van der Waals surface area contributed by atoms with Crippen LogP contribution >= 0.6 is 0 Å². The van der Waals surface area contributed by atoms with Crippen molar-refractivity contribution in [2.24, 2.45) is 11.8 Å². The van der Waals surface area contributed by atoms with Crippen LogP contribution in [-0.2, 0) is 13.0 Å². The maximum Gasteiger partial charge on any atom is 0.138 e. The molecule has 4 nitrogen and oxygen atoms in total. The van der Waals surface area contributed by atoms with Crippen molar-refractivity contribution in [3.63, 3.8) is 0 Å². The fourth-order valence-corrected chi connectivity index (χ4v) is 2.89. The van der Waals surface area contributed by atoms with Crippen LogP contribution in [0.3, 0.4) is 0 Å². The first kappa shape index (κ1) is 11.6. The second-order valence-electron chi connectivity index (χ2n) is 4.79. The molecule has 1 aliphatic rings. The van der Waals surface area contributed by atoms with Gasteiger partial charge in [0, 0.05) is 19.0 Å². The summed E-state index contributed by atoms with van der Waals surface area (Å²) in [6, 6.07) is 0.683. The van der Waals surface area contributed by atoms with Gasteiger partial charge in [0.05, 0.1) is 0 Å². The molecular weight excluding hydrogens is 200 g/mol. The van der Waals surface area contributed by atoms with Crippen LogP contribution in [0.4, 0.5) is 0 Å². The molecule has 4 heteroatoms. The van der Waals surface area contributed by atoms with E-state index in [-0.39, 0.29) is 0 Å². The van der Waals surface area contributed by atoms with Crippen LogP contribution in [0.2, 0.25) is 0 Å². The second kappa shape index (κ2) is 4.95. The Hall–Kier alpha value is -0.900. The highest BCUT2D eigenvalue weighted by atomic mass is 15.3. The van der Waals surface area contributed by atoms with Gasteiger partial charge in [-0.3, -0.25) is 4.68 Å². The van der Waals surface area contributed by atoms with E-state index in [4.69, 9.17) is 0 Å². The van der Waals surface area contributed by atoms with Crippen LogP contribution in [0, 0.1) is 11.8 Å². The van der Waals surface area contributed by atoms with E-state index >= 15 is 0 Å². The summed E-state index contributed by atoms with van der Waals surface area (Å²) in [6.45, 7) is 5.39. The van der Waals surface area contributed by atoms with Gasteiger partial charge in [-0.15, -0.1) is 0 Å². The highest BCUT2D eigenvalue weighted by Crippen LogP contribution is 2.33. The van der Waals surface area contributed by atoms with Crippen molar-refractivity contribution in [3.8, 4) is 0 Å². The van der Waals surface area contributed by atoms with Crippen molar-refractivity contribution in [2.75, 3.05) is 7.05 Å². The topological polar surface area (TPSA) is 42.7 Å². The van der Waals surface area contributed by atoms with E-state index in [1.165, 1.54) is 12.8 Å². The zero-order valence-electron chi connectivity index (χ0n) is 10.5. The van der Waals surface area contributed by atoms with Gasteiger partial charge in [0.2, 0.25) is 0 Å². The molecule has 90 valence electrons. The molecule has 0 aliphatic heterocycles. The van der Waals surface area contributed by atoms with Gasteiger partial charge in [-0.25, -0.2) is 4.98 Å². The van der Waals surface area contributed by atoms with Gasteiger partial charge in [-0.1, -0.05) is 6.92 Å².